The van der Waals surface area contributed by atoms with Crippen molar-refractivity contribution in [1.82, 2.24) is 9.58 Å². The molecule has 11 heteroatoms. The summed E-state index contributed by atoms with van der Waals surface area (Å²) in [4.78, 5) is 26.5. The molecule has 0 radical (unpaired) electrons. The summed E-state index contributed by atoms with van der Waals surface area (Å²) in [6.45, 7) is 0.273. The quantitative estimate of drug-likeness (QED) is 0.554. The highest BCUT2D eigenvalue weighted by molar-refractivity contribution is 6.32. The van der Waals surface area contributed by atoms with Crippen LogP contribution < -0.4 is 15.2 Å². The van der Waals surface area contributed by atoms with Crippen molar-refractivity contribution in [3.05, 3.63) is 92.4 Å². The normalized spacial score (nSPS) is 18.0. The first-order chi connectivity index (χ1) is 17.1. The van der Waals surface area contributed by atoms with Gasteiger partial charge in [0.1, 0.15) is 25.1 Å². The predicted molar refractivity (Wildman–Crippen MR) is 126 cm³/mol. The highest BCUT2D eigenvalue weighted by Gasteiger charge is 2.43. The number of aromatic hydroxyl groups is 1. The molecule has 7 nitrogen and oxygen atoms in total. The number of hydrogen-bond acceptors (Lipinski definition) is 5. The summed E-state index contributed by atoms with van der Waals surface area (Å²) in [5.74, 6) is -3.14. The van der Waals surface area contributed by atoms with Crippen LogP contribution in [0.5, 0.6) is 11.5 Å². The van der Waals surface area contributed by atoms with Gasteiger partial charge < -0.3 is 14.7 Å². The number of halogens is 4. The van der Waals surface area contributed by atoms with Crippen molar-refractivity contribution in [2.24, 2.45) is 5.92 Å². The third kappa shape index (κ3) is 3.95. The summed E-state index contributed by atoms with van der Waals surface area (Å²) in [6, 6.07) is 13.0. The van der Waals surface area contributed by atoms with Crippen LogP contribution in [-0.4, -0.2) is 40.0 Å². The summed E-state index contributed by atoms with van der Waals surface area (Å²) in [7, 11) is 0. The zero-order valence-electron chi connectivity index (χ0n) is 19.0. The second kappa shape index (κ2) is 8.77. The highest BCUT2D eigenvalue weighted by atomic mass is 35.5. The maximum Gasteiger partial charge on any atom is 0.393 e. The molecule has 0 aliphatic carbocycles. The number of carbonyl (C=O) groups is 1. The third-order valence-corrected chi connectivity index (χ3v) is 6.80. The number of alkyl halides is 3. The lowest BCUT2D eigenvalue weighted by atomic mass is 9.94. The molecule has 5 rings (SSSR count). The molecule has 36 heavy (non-hydrogen) atoms. The molecule has 1 amide bonds. The number of amides is 1. The van der Waals surface area contributed by atoms with E-state index >= 15 is 0 Å². The molecule has 2 aromatic carbocycles. The van der Waals surface area contributed by atoms with Crippen molar-refractivity contribution in [3.63, 3.8) is 0 Å². The Bertz CT molecular complexity index is 1410. The molecule has 188 valence electrons. The predicted octanol–water partition coefficient (Wildman–Crippen LogP) is 4.44. The molecule has 1 N–H and O–H groups in total. The zero-order valence-corrected chi connectivity index (χ0v) is 19.8. The van der Waals surface area contributed by atoms with E-state index in [1.165, 1.54) is 10.9 Å². The minimum absolute atomic E-state index is 0.202. The van der Waals surface area contributed by atoms with E-state index in [2.05, 4.69) is 0 Å². The molecule has 3 aromatic rings. The van der Waals surface area contributed by atoms with Gasteiger partial charge in [-0.1, -0.05) is 54.9 Å². The number of nitrogens with zero attached hydrogens (tertiary/aromatic N) is 3. The second-order valence-corrected chi connectivity index (χ2v) is 9.23. The van der Waals surface area contributed by atoms with E-state index in [-0.39, 0.29) is 13.3 Å². The fraction of sp³-hybridized carbons (Fsp3) is 0.280. The van der Waals surface area contributed by atoms with Crippen LogP contribution in [0, 0.1) is 5.92 Å². The number of para-hydroxylation sites is 1. The Morgan fingerprint density at radius 3 is 2.58 bits per heavy atom. The molecule has 2 aliphatic heterocycles. The summed E-state index contributed by atoms with van der Waals surface area (Å²) in [5, 5.41) is 12.5. The molecule has 2 atom stereocenters. The summed E-state index contributed by atoms with van der Waals surface area (Å²) in [6.07, 6.45) is -3.21. The lowest BCUT2D eigenvalue weighted by Gasteiger charge is -2.44. The van der Waals surface area contributed by atoms with Crippen molar-refractivity contribution in [2.75, 3.05) is 18.2 Å². The first-order valence-electron chi connectivity index (χ1n) is 11.1. The topological polar surface area (TPSA) is 75.0 Å². The Morgan fingerprint density at radius 1 is 1.11 bits per heavy atom. The standard InChI is InChI=1S/C25H21ClF3N3O4/c1-14(25(27,28)29)11-30-13-32(31-10-9-19(33)22(34)21(31)24(30)35)20-16-6-3-2-5-15(16)12-36-23-17(20)7-4-8-18(23)26/h2-10,14,20,34H,11-13H2,1H3/t14-,20?/m0/s1. The fourth-order valence-electron chi connectivity index (χ4n) is 4.63. The van der Waals surface area contributed by atoms with Crippen LogP contribution in [0.3, 0.4) is 0 Å². The van der Waals surface area contributed by atoms with Crippen molar-refractivity contribution in [3.8, 4) is 11.5 Å². The smallest absolute Gasteiger partial charge is 0.393 e. The first-order valence-corrected chi connectivity index (χ1v) is 11.5. The molecule has 0 fully saturated rings. The van der Waals surface area contributed by atoms with E-state index in [1.54, 1.807) is 23.2 Å². The molecule has 3 heterocycles. The summed E-state index contributed by atoms with van der Waals surface area (Å²) in [5.41, 5.74) is 0.993. The maximum absolute atomic E-state index is 13.4. The SMILES string of the molecule is C[C@@H](CN1CN(C2c3ccccc3COc3c(Cl)cccc32)n2ccc(=O)c(O)c2C1=O)C(F)(F)F. The number of hydrogen-bond donors (Lipinski definition) is 1. The van der Waals surface area contributed by atoms with E-state index in [0.29, 0.717) is 16.3 Å². The molecule has 0 spiro atoms. The number of pyridine rings is 1. The van der Waals surface area contributed by atoms with Crippen molar-refractivity contribution >= 4 is 17.5 Å². The minimum Gasteiger partial charge on any atom is -0.502 e. The van der Waals surface area contributed by atoms with E-state index < -0.39 is 47.5 Å². The molecule has 0 bridgehead atoms. The Balaban J connectivity index is 1.73. The van der Waals surface area contributed by atoms with Gasteiger partial charge in [0.15, 0.2) is 11.4 Å². The van der Waals surface area contributed by atoms with Gasteiger partial charge >= 0.3 is 6.18 Å². The van der Waals surface area contributed by atoms with Gasteiger partial charge in [-0.15, -0.1) is 0 Å². The van der Waals surface area contributed by atoms with Crippen molar-refractivity contribution in [2.45, 2.75) is 25.7 Å². The summed E-state index contributed by atoms with van der Waals surface area (Å²) < 4.78 is 47.6. The lowest BCUT2D eigenvalue weighted by Crippen LogP contribution is -2.57. The van der Waals surface area contributed by atoms with Crippen LogP contribution in [-0.2, 0) is 6.61 Å². The van der Waals surface area contributed by atoms with Crippen LogP contribution in [0.1, 0.15) is 40.1 Å². The minimum atomic E-state index is -4.54. The average molecular weight is 520 g/mol. The van der Waals surface area contributed by atoms with Crippen molar-refractivity contribution < 1.29 is 27.8 Å². The van der Waals surface area contributed by atoms with Gasteiger partial charge in [0.05, 0.1) is 10.9 Å². The Labute approximate surface area is 208 Å². The number of fused-ring (bicyclic) bond motifs is 3. The lowest BCUT2D eigenvalue weighted by molar-refractivity contribution is -0.172. The van der Waals surface area contributed by atoms with Crippen LogP contribution in [0.25, 0.3) is 0 Å². The monoisotopic (exact) mass is 519 g/mol. The Kier molecular flexibility index (Phi) is 5.86. The first kappa shape index (κ1) is 24.1. The maximum atomic E-state index is 13.4. The second-order valence-electron chi connectivity index (χ2n) is 8.82. The molecular formula is C25H21ClF3N3O4. The zero-order chi connectivity index (χ0) is 25.8. The van der Waals surface area contributed by atoms with Crippen LogP contribution in [0.4, 0.5) is 13.2 Å². The van der Waals surface area contributed by atoms with E-state index in [1.807, 2.05) is 24.3 Å². The van der Waals surface area contributed by atoms with Gasteiger partial charge in [0.25, 0.3) is 5.91 Å². The fourth-order valence-corrected chi connectivity index (χ4v) is 4.87. The van der Waals surface area contributed by atoms with Gasteiger partial charge in [-0.3, -0.25) is 19.3 Å². The Hall–Kier alpha value is -3.66. The average Bonchev–Trinajstić information content (AvgIpc) is 3.00. The number of benzene rings is 2. The number of rotatable bonds is 3. The van der Waals surface area contributed by atoms with Gasteiger partial charge in [-0.2, -0.15) is 13.2 Å². The van der Waals surface area contributed by atoms with E-state index in [9.17, 15) is 27.9 Å². The van der Waals surface area contributed by atoms with Gasteiger partial charge in [0.2, 0.25) is 5.43 Å². The van der Waals surface area contributed by atoms with Gasteiger partial charge in [-0.05, 0) is 17.2 Å². The van der Waals surface area contributed by atoms with Crippen LogP contribution >= 0.6 is 11.6 Å². The third-order valence-electron chi connectivity index (χ3n) is 6.50. The highest BCUT2D eigenvalue weighted by Crippen LogP contribution is 2.43. The van der Waals surface area contributed by atoms with E-state index in [0.717, 1.165) is 29.0 Å². The number of ether oxygens (including phenoxy) is 1. The molecule has 0 saturated carbocycles. The molecule has 1 unspecified atom stereocenters. The number of aromatic nitrogens is 1. The van der Waals surface area contributed by atoms with Crippen LogP contribution in [0.15, 0.2) is 59.5 Å². The van der Waals surface area contributed by atoms with Crippen molar-refractivity contribution in [1.29, 1.82) is 0 Å². The van der Waals surface area contributed by atoms with Gasteiger partial charge in [-0.25, -0.2) is 0 Å². The molecule has 2 aliphatic rings. The molecule has 1 aromatic heterocycles. The van der Waals surface area contributed by atoms with E-state index in [4.69, 9.17) is 16.3 Å². The van der Waals surface area contributed by atoms with Crippen LogP contribution in [0.2, 0.25) is 5.02 Å². The Morgan fingerprint density at radius 2 is 1.83 bits per heavy atom. The number of carbonyl (C=O) groups excluding carboxylic acids is 1. The summed E-state index contributed by atoms with van der Waals surface area (Å²) >= 11 is 6.46. The molecule has 0 saturated heterocycles. The van der Waals surface area contributed by atoms with Gasteiger partial charge in [0, 0.05) is 24.4 Å². The molecular weight excluding hydrogens is 499 g/mol. The largest absolute Gasteiger partial charge is 0.502 e.